The molecule has 2 aromatic carbocycles. The van der Waals surface area contributed by atoms with Gasteiger partial charge in [0.25, 0.3) is 0 Å². The number of hydrogen-bond acceptors (Lipinski definition) is 4. The van der Waals surface area contributed by atoms with E-state index >= 15 is 0 Å². The van der Waals surface area contributed by atoms with Crippen LogP contribution in [-0.4, -0.2) is 90.2 Å². The van der Waals surface area contributed by atoms with Crippen LogP contribution in [0.1, 0.15) is 427 Å². The normalized spacial score (nSPS) is 15.2. The molecule has 2 aliphatic heterocycles. The molecule has 2 heterocycles. The third-order valence-electron chi connectivity index (χ3n) is 20.5. The van der Waals surface area contributed by atoms with Crippen molar-refractivity contribution in [2.45, 2.75) is 416 Å². The molecule has 8 heteroatoms. The third-order valence-corrected chi connectivity index (χ3v) is 31.8. The van der Waals surface area contributed by atoms with E-state index in [1.807, 2.05) is 130 Å². The molecule has 0 radical (unpaired) electrons. The Labute approximate surface area is 638 Å². The van der Waals surface area contributed by atoms with E-state index in [0.29, 0.717) is 45.1 Å². The fraction of sp³-hybridized carbons (Fsp3) is 0.826. The van der Waals surface area contributed by atoms with Crippen LogP contribution in [0.15, 0.2) is 60.7 Å². The topological polar surface area (TPSA) is 68.3 Å². The Morgan fingerprint density at radius 2 is 0.670 bits per heavy atom. The van der Waals surface area contributed by atoms with Crippen molar-refractivity contribution in [2.24, 2.45) is 11.8 Å². The zero-order valence-electron chi connectivity index (χ0n) is 69.8. The summed E-state index contributed by atoms with van der Waals surface area (Å²) in [5.41, 5.74) is 1.81. The predicted octanol–water partition coefficient (Wildman–Crippen LogP) is 28.3. The highest BCUT2D eigenvalue weighted by Crippen LogP contribution is 2.44. The minimum atomic E-state index is -0.0509. The summed E-state index contributed by atoms with van der Waals surface area (Å²) in [5, 5.41) is 0. The second-order valence-electron chi connectivity index (χ2n) is 29.3. The lowest BCUT2D eigenvalue weighted by Crippen LogP contribution is -2.51. The largest absolute Gasteiger partial charge is 0.293 e. The Morgan fingerprint density at radius 1 is 0.390 bits per heavy atom. The summed E-state index contributed by atoms with van der Waals surface area (Å²) >= 11 is 0. The predicted molar refractivity (Wildman–Crippen MR) is 465 cm³/mol. The van der Waals surface area contributed by atoms with Gasteiger partial charge in [0.05, 0.1) is 0 Å². The SMILES string of the molecule is CC.CC.CC.CC.CC(C)C(=O)C(C)(C)[S+]1CCCC1.CCCCCCCCCCCC[S+](CCCCCCCCCCCC)CC(=O)c1ccccc1.CCCCCCCC[S+](CCCCCCCC)CC(=O)c1ccccc1.O=C(C1CCCCC1)C1([S+]2CCCC2)CCCCC1. The van der Waals surface area contributed by atoms with Gasteiger partial charge in [-0.25, -0.2) is 0 Å². The van der Waals surface area contributed by atoms with Crippen molar-refractivity contribution in [2.75, 3.05) is 57.5 Å². The van der Waals surface area contributed by atoms with Gasteiger partial charge in [0, 0.05) is 57.6 Å². The van der Waals surface area contributed by atoms with Crippen molar-refractivity contribution >= 4 is 66.7 Å². The van der Waals surface area contributed by atoms with Crippen molar-refractivity contribution in [3.05, 3.63) is 71.8 Å². The summed E-state index contributed by atoms with van der Waals surface area (Å²) in [7, 11) is 1.36. The van der Waals surface area contributed by atoms with Gasteiger partial charge in [-0.2, -0.15) is 0 Å². The maximum Gasteiger partial charge on any atom is 0.211 e. The summed E-state index contributed by atoms with van der Waals surface area (Å²) in [6.45, 7) is 33.4. The molecule has 2 saturated carbocycles. The number of ketones is 4. The van der Waals surface area contributed by atoms with Crippen LogP contribution in [-0.2, 0) is 53.2 Å². The van der Waals surface area contributed by atoms with Crippen molar-refractivity contribution in [1.29, 1.82) is 0 Å². The first kappa shape index (κ1) is 101. The average Bonchev–Trinajstić information content (AvgIpc) is 1.29. The molecule has 0 aromatic heterocycles. The zero-order chi connectivity index (χ0) is 74.6. The quantitative estimate of drug-likeness (QED) is 0.0376. The molecule has 0 amide bonds. The molecule has 0 unspecified atom stereocenters. The van der Waals surface area contributed by atoms with E-state index < -0.39 is 0 Å². The number of rotatable bonds is 48. The highest BCUT2D eigenvalue weighted by Gasteiger charge is 2.56. The molecular formula is C92H172O4S4+4. The first-order valence-corrected chi connectivity index (χ1v) is 50.3. The van der Waals surface area contributed by atoms with Crippen LogP contribution in [0.2, 0.25) is 0 Å². The Kier molecular flexibility index (Phi) is 72.2. The summed E-state index contributed by atoms with van der Waals surface area (Å²) in [6.07, 6.45) is 62.3. The van der Waals surface area contributed by atoms with Crippen molar-refractivity contribution in [3.63, 3.8) is 0 Å². The van der Waals surface area contributed by atoms with Crippen LogP contribution in [0.5, 0.6) is 0 Å². The summed E-state index contributed by atoms with van der Waals surface area (Å²) in [4.78, 5) is 50.7. The van der Waals surface area contributed by atoms with Gasteiger partial charge < -0.3 is 0 Å². The van der Waals surface area contributed by atoms with Gasteiger partial charge >= 0.3 is 0 Å². The molecule has 4 aliphatic rings. The standard InChI is InChI=1S/C32H57OS.C24H41OS.C17H29OS.C11H21OS.4C2H6/c1-3-5-7-9-11-13-15-17-19-24-28-34(30-32(33)31-26-22-21-23-27-31)29-25-20-18-16-14-12-10-8-6-4-2;1-3-5-7-9-11-16-20-26(21-17-12-10-8-6-4-2)22-24(25)23-18-14-13-15-19-23;18-16(15-9-3-1-4-10-15)17(11-5-2-6-12-17)19-13-7-8-14-19;1-9(2)10(12)11(3,4)13-7-5-6-8-13;4*1-2/h21-23,26-27H,3-20,24-25,28-30H2,1-2H3;13-15,18-19H,3-12,16-17,20-22H2,1-2H3;15H,1-14H2;9H,5-8H2,1-4H3;4*1-2H3/q4*+1;;;;. The zero-order valence-corrected chi connectivity index (χ0v) is 73.1. The highest BCUT2D eigenvalue weighted by molar-refractivity contribution is 7.99. The second kappa shape index (κ2) is 71.8. The lowest BCUT2D eigenvalue weighted by molar-refractivity contribution is -0.127. The van der Waals surface area contributed by atoms with E-state index in [-0.39, 0.29) is 37.2 Å². The third kappa shape index (κ3) is 48.7. The lowest BCUT2D eigenvalue weighted by atomic mass is 9.76. The molecule has 0 N–H and O–H groups in total. The van der Waals surface area contributed by atoms with Gasteiger partial charge in [-0.1, -0.05) is 337 Å². The first-order chi connectivity index (χ1) is 48.8. The van der Waals surface area contributed by atoms with Crippen LogP contribution in [0.4, 0.5) is 0 Å². The van der Waals surface area contributed by atoms with E-state index in [1.165, 1.54) is 341 Å². The molecule has 584 valence electrons. The number of carbonyl (C=O) groups excluding carboxylic acids is 4. The van der Waals surface area contributed by atoms with Crippen LogP contribution in [0.3, 0.4) is 0 Å². The van der Waals surface area contributed by atoms with Gasteiger partial charge in [0.1, 0.15) is 46.0 Å². The van der Waals surface area contributed by atoms with Crippen molar-refractivity contribution in [1.82, 2.24) is 0 Å². The van der Waals surface area contributed by atoms with Crippen molar-refractivity contribution in [3.8, 4) is 0 Å². The molecular weight excluding hydrogens is 1300 g/mol. The Hall–Kier alpha value is -1.48. The fourth-order valence-corrected chi connectivity index (χ4v) is 25.4. The van der Waals surface area contributed by atoms with Gasteiger partial charge in [0.15, 0.2) is 32.6 Å². The van der Waals surface area contributed by atoms with Crippen molar-refractivity contribution < 1.29 is 19.2 Å². The van der Waals surface area contributed by atoms with Gasteiger partial charge in [-0.05, 0) is 138 Å². The van der Waals surface area contributed by atoms with Crippen LogP contribution in [0, 0.1) is 11.8 Å². The van der Waals surface area contributed by atoms with Crippen LogP contribution < -0.4 is 0 Å². The molecule has 0 spiro atoms. The maximum atomic E-state index is 13.3. The lowest BCUT2D eigenvalue weighted by Gasteiger charge is -2.37. The molecule has 100 heavy (non-hydrogen) atoms. The second-order valence-corrected chi connectivity index (χ2v) is 39.4. The van der Waals surface area contributed by atoms with Gasteiger partial charge in [0.2, 0.25) is 11.6 Å². The minimum Gasteiger partial charge on any atom is -0.293 e. The van der Waals surface area contributed by atoms with E-state index in [1.54, 1.807) is 0 Å². The molecule has 6 rings (SSSR count). The number of Topliss-reactive ketones (excluding diaryl/α,β-unsaturated/α-hetero) is 4. The van der Waals surface area contributed by atoms with E-state index in [2.05, 4.69) is 41.5 Å². The molecule has 0 bridgehead atoms. The molecule has 2 saturated heterocycles. The number of unbranched alkanes of at least 4 members (excludes halogenated alkanes) is 28. The molecule has 4 nitrogen and oxygen atoms in total. The fourth-order valence-electron chi connectivity index (χ4n) is 14.6. The van der Waals surface area contributed by atoms with E-state index in [4.69, 9.17) is 0 Å². The summed E-state index contributed by atoms with van der Waals surface area (Å²) in [5.74, 6) is 14.5. The molecule has 4 fully saturated rings. The van der Waals surface area contributed by atoms with Gasteiger partial charge in [-0.3, -0.25) is 19.2 Å². The summed E-state index contributed by atoms with van der Waals surface area (Å²) < 4.78 is 0.113. The molecule has 0 atom stereocenters. The highest BCUT2D eigenvalue weighted by atomic mass is 32.2. The van der Waals surface area contributed by atoms with E-state index in [0.717, 1.165) is 28.4 Å². The number of carbonyl (C=O) groups is 4. The smallest absolute Gasteiger partial charge is 0.211 e. The number of hydrogen-bond donors (Lipinski definition) is 0. The Bertz CT molecular complexity index is 2030. The molecule has 2 aromatic rings. The Morgan fingerprint density at radius 3 is 0.970 bits per heavy atom. The Balaban J connectivity index is 0. The number of benzene rings is 2. The van der Waals surface area contributed by atoms with Crippen LogP contribution >= 0.6 is 0 Å². The first-order valence-electron chi connectivity index (χ1n) is 43.7. The maximum absolute atomic E-state index is 13.3. The van der Waals surface area contributed by atoms with Crippen LogP contribution in [0.25, 0.3) is 0 Å². The summed E-state index contributed by atoms with van der Waals surface area (Å²) in [6, 6.07) is 19.9. The van der Waals surface area contributed by atoms with Gasteiger partial charge in [-0.15, -0.1) is 0 Å². The minimum absolute atomic E-state index is 0.0509. The monoisotopic (exact) mass is 1470 g/mol. The molecule has 2 aliphatic carbocycles. The van der Waals surface area contributed by atoms with E-state index in [9.17, 15) is 19.2 Å². The average molecular weight is 1470 g/mol.